The summed E-state index contributed by atoms with van der Waals surface area (Å²) in [5, 5.41) is 0.382. The molecule has 5 nitrogen and oxygen atoms in total. The summed E-state index contributed by atoms with van der Waals surface area (Å²) in [6, 6.07) is 13.9. The van der Waals surface area contributed by atoms with Gasteiger partial charge in [0.05, 0.1) is 6.61 Å². The summed E-state index contributed by atoms with van der Waals surface area (Å²) >= 11 is 1.85. The molecule has 0 aliphatic carbocycles. The zero-order valence-electron chi connectivity index (χ0n) is 27.4. The summed E-state index contributed by atoms with van der Waals surface area (Å²) in [4.78, 5) is 1.19. The van der Waals surface area contributed by atoms with E-state index in [9.17, 15) is 4.39 Å². The van der Waals surface area contributed by atoms with E-state index in [1.165, 1.54) is 10.5 Å². The average molecular weight is 631 g/mol. The first-order valence-corrected chi connectivity index (χ1v) is 18.1. The van der Waals surface area contributed by atoms with Gasteiger partial charge in [-0.25, -0.2) is 4.39 Å². The molecule has 1 saturated heterocycles. The number of unbranched alkanes of at least 4 members (excludes halogenated alkanes) is 4. The topological polar surface area (TPSA) is 46.2 Å². The summed E-state index contributed by atoms with van der Waals surface area (Å²) in [6.07, 6.45) is 8.69. The van der Waals surface area contributed by atoms with E-state index in [2.05, 4.69) is 52.0 Å². The van der Waals surface area contributed by atoms with E-state index in [1.54, 1.807) is 12.1 Å². The molecule has 0 saturated carbocycles. The van der Waals surface area contributed by atoms with Gasteiger partial charge in [-0.05, 0) is 73.4 Å². The number of hydrogen-bond donors (Lipinski definition) is 0. The van der Waals surface area contributed by atoms with Crippen LogP contribution in [0.5, 0.6) is 0 Å². The number of fused-ring (bicyclic) bond motifs is 1. The van der Waals surface area contributed by atoms with E-state index in [1.807, 2.05) is 17.8 Å². The predicted molar refractivity (Wildman–Crippen MR) is 177 cm³/mol. The maximum Gasteiger partial charge on any atom is 0.123 e. The molecular formula is C37H55FO5S. The molecule has 2 aliphatic rings. The summed E-state index contributed by atoms with van der Waals surface area (Å²) in [5.41, 5.74) is 3.47. The lowest BCUT2D eigenvalue weighted by atomic mass is 9.89. The van der Waals surface area contributed by atoms with Crippen LogP contribution >= 0.6 is 11.8 Å². The number of benzene rings is 2. The molecule has 246 valence electrons. The van der Waals surface area contributed by atoms with Crippen molar-refractivity contribution in [2.45, 2.75) is 133 Å². The molecule has 6 atom stereocenters. The minimum atomic E-state index is -0.299. The average Bonchev–Trinajstić information content (AvgIpc) is 3.42. The van der Waals surface area contributed by atoms with Crippen LogP contribution in [0.25, 0.3) is 0 Å². The van der Waals surface area contributed by atoms with E-state index in [0.29, 0.717) is 38.3 Å². The molecule has 2 aromatic carbocycles. The van der Waals surface area contributed by atoms with Gasteiger partial charge in [-0.3, -0.25) is 0 Å². The summed E-state index contributed by atoms with van der Waals surface area (Å²) in [6.45, 7) is 11.9. The lowest BCUT2D eigenvalue weighted by Gasteiger charge is -2.46. The van der Waals surface area contributed by atoms with Gasteiger partial charge in [0.15, 0.2) is 0 Å². The molecule has 0 spiro atoms. The number of thioether (sulfide) groups is 1. The molecule has 4 rings (SSSR count). The van der Waals surface area contributed by atoms with Gasteiger partial charge in [0.25, 0.3) is 0 Å². The Balaban J connectivity index is 1.59. The predicted octanol–water partition coefficient (Wildman–Crippen LogP) is 8.90. The zero-order valence-corrected chi connectivity index (χ0v) is 28.3. The Hall–Kier alpha value is -1.48. The van der Waals surface area contributed by atoms with Crippen LogP contribution in [0, 0.1) is 5.82 Å². The fourth-order valence-electron chi connectivity index (χ4n) is 5.99. The van der Waals surface area contributed by atoms with Crippen LogP contribution in [0.4, 0.5) is 4.39 Å². The van der Waals surface area contributed by atoms with Crippen molar-refractivity contribution in [3.63, 3.8) is 0 Å². The SMILES string of the molecule is CCCCOCC1OC(c2cccc(CC3Cc4cc(F)ccc4S3)c2)[C@H](OCCCC)C(OCCCC)[C@@H]1OCCCC. The first kappa shape index (κ1) is 35.4. The minimum Gasteiger partial charge on any atom is -0.379 e. The summed E-state index contributed by atoms with van der Waals surface area (Å²) < 4.78 is 46.9. The molecule has 2 heterocycles. The Kier molecular flexibility index (Phi) is 15.5. The molecule has 2 aromatic rings. The lowest BCUT2D eigenvalue weighted by Crippen LogP contribution is -2.58. The molecule has 7 heteroatoms. The number of rotatable bonds is 20. The van der Waals surface area contributed by atoms with E-state index in [-0.39, 0.29) is 36.3 Å². The van der Waals surface area contributed by atoms with E-state index in [0.717, 1.165) is 75.3 Å². The smallest absolute Gasteiger partial charge is 0.123 e. The van der Waals surface area contributed by atoms with Crippen molar-refractivity contribution >= 4 is 11.8 Å². The third-order valence-corrected chi connectivity index (χ3v) is 9.81. The quantitative estimate of drug-likeness (QED) is 0.136. The highest BCUT2D eigenvalue weighted by Crippen LogP contribution is 2.41. The molecule has 0 amide bonds. The van der Waals surface area contributed by atoms with E-state index in [4.69, 9.17) is 23.7 Å². The van der Waals surface area contributed by atoms with E-state index >= 15 is 0 Å². The monoisotopic (exact) mass is 630 g/mol. The van der Waals surface area contributed by atoms with Crippen LogP contribution in [0.15, 0.2) is 47.4 Å². The molecule has 0 bridgehead atoms. The Morgan fingerprint density at radius 3 is 2.14 bits per heavy atom. The van der Waals surface area contributed by atoms with Crippen LogP contribution < -0.4 is 0 Å². The first-order valence-electron chi connectivity index (χ1n) is 17.2. The molecule has 0 radical (unpaired) electrons. The molecule has 44 heavy (non-hydrogen) atoms. The van der Waals surface area contributed by atoms with Crippen molar-refractivity contribution in [2.24, 2.45) is 0 Å². The molecule has 4 unspecified atom stereocenters. The van der Waals surface area contributed by atoms with Crippen molar-refractivity contribution in [1.29, 1.82) is 0 Å². The number of halogens is 1. The van der Waals surface area contributed by atoms with Crippen molar-refractivity contribution < 1.29 is 28.1 Å². The maximum absolute atomic E-state index is 13.9. The number of hydrogen-bond acceptors (Lipinski definition) is 6. The molecule has 2 aliphatic heterocycles. The number of ether oxygens (including phenoxy) is 5. The molecule has 0 N–H and O–H groups in total. The Bertz CT molecular complexity index is 1100. The normalized spacial score (nSPS) is 24.9. The van der Waals surface area contributed by atoms with E-state index < -0.39 is 0 Å². The van der Waals surface area contributed by atoms with Gasteiger partial charge >= 0.3 is 0 Å². The van der Waals surface area contributed by atoms with Gasteiger partial charge in [0, 0.05) is 36.6 Å². The third kappa shape index (κ3) is 10.3. The van der Waals surface area contributed by atoms with Gasteiger partial charge < -0.3 is 23.7 Å². The standard InChI is InChI=1S/C37H55FO5S/c1-5-9-18-39-26-32-35(40-19-10-6-2)37(42-21-12-8-4)36(41-20-11-7-3)34(43-32)28-15-13-14-27(22-28)23-31-25-29-24-30(38)16-17-33(29)44-31/h13-17,22,24,31-32,34-37H,5-12,18-21,23,25-26H2,1-4H3/t31?,32?,34?,35-,36+,37?/m1/s1. The second-order valence-electron chi connectivity index (χ2n) is 12.2. The highest BCUT2D eigenvalue weighted by molar-refractivity contribution is 8.00. The van der Waals surface area contributed by atoms with Crippen LogP contribution in [-0.4, -0.2) is 62.7 Å². The second-order valence-corrected chi connectivity index (χ2v) is 13.6. The van der Waals surface area contributed by atoms with Crippen molar-refractivity contribution in [2.75, 3.05) is 33.0 Å². The molecule has 1 fully saturated rings. The van der Waals surface area contributed by atoms with Gasteiger partial charge in [0.2, 0.25) is 0 Å². The summed E-state index contributed by atoms with van der Waals surface area (Å²) in [5.74, 6) is -0.156. The Morgan fingerprint density at radius 2 is 1.43 bits per heavy atom. The van der Waals surface area contributed by atoms with Crippen molar-refractivity contribution in [3.05, 3.63) is 65.0 Å². The van der Waals surface area contributed by atoms with Gasteiger partial charge in [-0.2, -0.15) is 0 Å². The van der Waals surface area contributed by atoms with Crippen LogP contribution in [0.3, 0.4) is 0 Å². The largest absolute Gasteiger partial charge is 0.379 e. The summed E-state index contributed by atoms with van der Waals surface area (Å²) in [7, 11) is 0. The van der Waals surface area contributed by atoms with Gasteiger partial charge in [-0.15, -0.1) is 11.8 Å². The highest BCUT2D eigenvalue weighted by atomic mass is 32.2. The zero-order chi connectivity index (χ0) is 31.1. The fraction of sp³-hybridized carbons (Fsp3) is 0.676. The first-order chi connectivity index (χ1) is 21.6. The Labute approximate surface area is 269 Å². The van der Waals surface area contributed by atoms with Crippen molar-refractivity contribution in [3.8, 4) is 0 Å². The van der Waals surface area contributed by atoms with Crippen molar-refractivity contribution in [1.82, 2.24) is 0 Å². The maximum atomic E-state index is 13.9. The van der Waals surface area contributed by atoms with Crippen LogP contribution in [-0.2, 0) is 36.5 Å². The van der Waals surface area contributed by atoms with Gasteiger partial charge in [-0.1, -0.05) is 77.6 Å². The molecule has 0 aromatic heterocycles. The molecular weight excluding hydrogens is 575 g/mol. The lowest BCUT2D eigenvalue weighted by molar-refractivity contribution is -0.268. The fourth-order valence-corrected chi connectivity index (χ4v) is 7.33. The highest BCUT2D eigenvalue weighted by Gasteiger charge is 2.48. The third-order valence-electron chi connectivity index (χ3n) is 8.49. The minimum absolute atomic E-state index is 0.156. The van der Waals surface area contributed by atoms with Gasteiger partial charge in [0.1, 0.15) is 36.3 Å². The second kappa shape index (κ2) is 19.2. The van der Waals surface area contributed by atoms with Crippen LogP contribution in [0.2, 0.25) is 0 Å². The van der Waals surface area contributed by atoms with Crippen LogP contribution in [0.1, 0.15) is 102 Å². The Morgan fingerprint density at radius 1 is 0.773 bits per heavy atom.